The predicted octanol–water partition coefficient (Wildman–Crippen LogP) is 3.00. The third-order valence-corrected chi connectivity index (χ3v) is 4.66. The number of nitrogens with zero attached hydrogens (tertiary/aromatic N) is 3. The van der Waals surface area contributed by atoms with E-state index in [1.165, 1.54) is 0 Å². The van der Waals surface area contributed by atoms with Gasteiger partial charge in [-0.3, -0.25) is 4.79 Å². The van der Waals surface area contributed by atoms with Gasteiger partial charge < -0.3 is 10.2 Å². The maximum atomic E-state index is 15.1. The zero-order valence-corrected chi connectivity index (χ0v) is 14.6. The third-order valence-electron chi connectivity index (χ3n) is 4.66. The van der Waals surface area contributed by atoms with Gasteiger partial charge in [0.1, 0.15) is 5.52 Å². The minimum absolute atomic E-state index is 0.134. The molecule has 3 aromatic rings. The largest absolute Gasteiger partial charge is 0.481 e. The number of fused-ring (bicyclic) bond motifs is 1. The summed E-state index contributed by atoms with van der Waals surface area (Å²) in [5.41, 5.74) is 3.19. The van der Waals surface area contributed by atoms with E-state index >= 15 is 4.39 Å². The molecular weight excluding hydrogens is 337 g/mol. The number of carboxylic acids is 1. The van der Waals surface area contributed by atoms with Gasteiger partial charge in [-0.05, 0) is 42.2 Å². The van der Waals surface area contributed by atoms with Gasteiger partial charge in [0.25, 0.3) is 0 Å². The van der Waals surface area contributed by atoms with E-state index in [9.17, 15) is 15.0 Å². The van der Waals surface area contributed by atoms with Crippen molar-refractivity contribution in [2.24, 2.45) is 0 Å². The van der Waals surface area contributed by atoms with Crippen LogP contribution in [-0.4, -0.2) is 31.2 Å². The zero-order chi connectivity index (χ0) is 18.8. The van der Waals surface area contributed by atoms with Crippen LogP contribution in [0.3, 0.4) is 0 Å². The summed E-state index contributed by atoms with van der Waals surface area (Å²) in [4.78, 5) is 11.4. The number of aromatic nitrogens is 3. The number of carboxylic acid groups (broad SMARTS) is 1. The third kappa shape index (κ3) is 3.17. The number of hydrogen-bond acceptors (Lipinski definition) is 4. The van der Waals surface area contributed by atoms with Crippen LogP contribution in [0.2, 0.25) is 0 Å². The van der Waals surface area contributed by atoms with Crippen LogP contribution in [0.5, 0.6) is 0 Å². The molecule has 7 heteroatoms. The maximum Gasteiger partial charge on any atom is 0.304 e. The molecule has 1 aromatic heterocycles. The van der Waals surface area contributed by atoms with E-state index in [0.717, 1.165) is 5.56 Å². The number of carbonyl (C=O) groups is 1. The Balaban J connectivity index is 2.15. The average Bonchev–Trinajstić information content (AvgIpc) is 3.05. The number of aliphatic carboxylic acids is 1. The quantitative estimate of drug-likeness (QED) is 0.708. The van der Waals surface area contributed by atoms with Crippen molar-refractivity contribution in [3.63, 3.8) is 0 Å². The van der Waals surface area contributed by atoms with Crippen molar-refractivity contribution in [2.75, 3.05) is 0 Å². The van der Waals surface area contributed by atoms with Gasteiger partial charge in [-0.15, -0.1) is 5.10 Å². The van der Waals surface area contributed by atoms with Gasteiger partial charge in [0.05, 0.1) is 18.5 Å². The lowest BCUT2D eigenvalue weighted by Gasteiger charge is -2.18. The van der Waals surface area contributed by atoms with Gasteiger partial charge in [-0.25, -0.2) is 9.07 Å². The van der Waals surface area contributed by atoms with E-state index in [0.29, 0.717) is 23.2 Å². The Morgan fingerprint density at radius 3 is 2.73 bits per heavy atom. The number of benzene rings is 2. The first kappa shape index (κ1) is 18.0. The first-order chi connectivity index (χ1) is 12.5. The molecule has 1 atom stereocenters. The normalized spacial score (nSPS) is 12.5. The molecule has 0 amide bonds. The van der Waals surface area contributed by atoms with E-state index < -0.39 is 17.7 Å². The highest BCUT2D eigenvalue weighted by atomic mass is 19.1. The summed E-state index contributed by atoms with van der Waals surface area (Å²) >= 11 is 0. The highest BCUT2D eigenvalue weighted by Crippen LogP contribution is 2.33. The first-order valence-corrected chi connectivity index (χ1v) is 8.39. The second-order valence-corrected chi connectivity index (χ2v) is 6.24. The second kappa shape index (κ2) is 7.21. The number of aliphatic hydroxyl groups is 1. The van der Waals surface area contributed by atoms with E-state index in [4.69, 9.17) is 0 Å². The Morgan fingerprint density at radius 2 is 2.08 bits per heavy atom. The summed E-state index contributed by atoms with van der Waals surface area (Å²) in [5, 5.41) is 26.6. The van der Waals surface area contributed by atoms with Crippen molar-refractivity contribution in [3.8, 4) is 0 Å². The van der Waals surface area contributed by atoms with Crippen LogP contribution in [-0.2, 0) is 17.9 Å². The van der Waals surface area contributed by atoms with Crippen LogP contribution in [0.4, 0.5) is 4.39 Å². The molecule has 1 unspecified atom stereocenters. The lowest BCUT2D eigenvalue weighted by atomic mass is 9.86. The molecule has 0 radical (unpaired) electrons. The lowest BCUT2D eigenvalue weighted by Crippen LogP contribution is -2.11. The molecule has 2 aromatic carbocycles. The SMILES string of the molecule is CCn1nnc2c(F)c(C(CC(=O)O)c3ccc(C)c(CO)c3)ccc21. The molecule has 0 aliphatic heterocycles. The monoisotopic (exact) mass is 357 g/mol. The van der Waals surface area contributed by atoms with Crippen molar-refractivity contribution in [2.45, 2.75) is 39.3 Å². The van der Waals surface area contributed by atoms with Crippen LogP contribution in [0, 0.1) is 12.7 Å². The summed E-state index contributed by atoms with van der Waals surface area (Å²) in [5.74, 6) is -2.27. The molecule has 0 spiro atoms. The molecule has 3 rings (SSSR count). The fourth-order valence-electron chi connectivity index (χ4n) is 3.18. The molecule has 2 N–H and O–H groups in total. The van der Waals surface area contributed by atoms with Crippen molar-refractivity contribution in [1.29, 1.82) is 0 Å². The van der Waals surface area contributed by atoms with E-state index in [1.807, 2.05) is 13.8 Å². The average molecular weight is 357 g/mol. The van der Waals surface area contributed by atoms with Crippen molar-refractivity contribution < 1.29 is 19.4 Å². The number of hydrogen-bond donors (Lipinski definition) is 2. The fraction of sp³-hybridized carbons (Fsp3) is 0.316. The molecule has 0 saturated carbocycles. The fourth-order valence-corrected chi connectivity index (χ4v) is 3.18. The van der Waals surface area contributed by atoms with Crippen LogP contribution in [0.1, 0.15) is 41.5 Å². The van der Waals surface area contributed by atoms with Gasteiger partial charge in [0.2, 0.25) is 0 Å². The zero-order valence-electron chi connectivity index (χ0n) is 14.6. The lowest BCUT2D eigenvalue weighted by molar-refractivity contribution is -0.137. The van der Waals surface area contributed by atoms with E-state index in [1.54, 1.807) is 35.0 Å². The van der Waals surface area contributed by atoms with Crippen LogP contribution >= 0.6 is 0 Å². The van der Waals surface area contributed by atoms with E-state index in [-0.39, 0.29) is 24.1 Å². The first-order valence-electron chi connectivity index (χ1n) is 8.39. The Hall–Kier alpha value is -2.80. The Bertz CT molecular complexity index is 968. The van der Waals surface area contributed by atoms with Crippen LogP contribution in [0.25, 0.3) is 11.0 Å². The standard InChI is InChI=1S/C19H20FN3O3/c1-3-23-16-7-6-14(18(20)19(16)21-22-23)15(9-17(25)26)12-5-4-11(2)13(8-12)10-24/h4-8,15,24H,3,9-10H2,1-2H3,(H,25,26). The molecule has 0 bridgehead atoms. The minimum Gasteiger partial charge on any atom is -0.481 e. The molecule has 0 aliphatic rings. The maximum absolute atomic E-state index is 15.1. The van der Waals surface area contributed by atoms with Crippen molar-refractivity contribution >= 4 is 17.0 Å². The summed E-state index contributed by atoms with van der Waals surface area (Å²) in [6, 6.07) is 8.62. The van der Waals surface area contributed by atoms with Gasteiger partial charge >= 0.3 is 5.97 Å². The topological polar surface area (TPSA) is 88.2 Å². The summed E-state index contributed by atoms with van der Waals surface area (Å²) in [7, 11) is 0. The smallest absolute Gasteiger partial charge is 0.304 e. The molecular formula is C19H20FN3O3. The Labute approximate surface area is 149 Å². The molecule has 0 fully saturated rings. The summed E-state index contributed by atoms with van der Waals surface area (Å²) in [6.07, 6.45) is -0.266. The molecule has 0 aliphatic carbocycles. The minimum atomic E-state index is -1.03. The van der Waals surface area contributed by atoms with Crippen molar-refractivity contribution in [3.05, 3.63) is 58.4 Å². The van der Waals surface area contributed by atoms with Gasteiger partial charge in [0, 0.05) is 12.5 Å². The molecule has 1 heterocycles. The van der Waals surface area contributed by atoms with Crippen LogP contribution < -0.4 is 0 Å². The number of aryl methyl sites for hydroxylation is 2. The molecule has 0 saturated heterocycles. The predicted molar refractivity (Wildman–Crippen MR) is 94.4 cm³/mol. The van der Waals surface area contributed by atoms with Gasteiger partial charge in [-0.2, -0.15) is 0 Å². The number of rotatable bonds is 6. The summed E-state index contributed by atoms with van der Waals surface area (Å²) in [6.45, 7) is 4.14. The number of halogens is 1. The van der Waals surface area contributed by atoms with E-state index in [2.05, 4.69) is 10.3 Å². The Morgan fingerprint density at radius 1 is 1.31 bits per heavy atom. The second-order valence-electron chi connectivity index (χ2n) is 6.24. The number of aliphatic hydroxyl groups excluding tert-OH is 1. The van der Waals surface area contributed by atoms with Gasteiger partial charge in [-0.1, -0.05) is 29.5 Å². The molecule has 136 valence electrons. The molecule has 26 heavy (non-hydrogen) atoms. The highest BCUT2D eigenvalue weighted by molar-refractivity contribution is 5.77. The molecule has 6 nitrogen and oxygen atoms in total. The van der Waals surface area contributed by atoms with Crippen molar-refractivity contribution in [1.82, 2.24) is 15.0 Å². The summed E-state index contributed by atoms with van der Waals surface area (Å²) < 4.78 is 16.7. The highest BCUT2D eigenvalue weighted by Gasteiger charge is 2.24. The van der Waals surface area contributed by atoms with Crippen LogP contribution in [0.15, 0.2) is 30.3 Å². The van der Waals surface area contributed by atoms with Gasteiger partial charge in [0.15, 0.2) is 5.82 Å². The Kier molecular flexibility index (Phi) is 4.99.